The number of rotatable bonds is 6. The van der Waals surface area contributed by atoms with E-state index in [2.05, 4.69) is 11.8 Å². The Labute approximate surface area is 189 Å². The molecule has 0 atom stereocenters. The molecule has 32 heavy (non-hydrogen) atoms. The van der Waals surface area contributed by atoms with Gasteiger partial charge in [-0.25, -0.2) is 0 Å². The van der Waals surface area contributed by atoms with E-state index in [1.807, 2.05) is 31.2 Å². The van der Waals surface area contributed by atoms with Crippen molar-refractivity contribution in [2.45, 2.75) is 45.2 Å². The molecule has 0 unspecified atom stereocenters. The number of hydrogen-bond acceptors (Lipinski definition) is 4. The van der Waals surface area contributed by atoms with E-state index in [9.17, 15) is 9.59 Å². The molecule has 6 heteroatoms. The maximum Gasteiger partial charge on any atom is 0.260 e. The third-order valence-electron chi connectivity index (χ3n) is 6.10. The second-order valence-corrected chi connectivity index (χ2v) is 8.63. The standard InChI is InChI=1S/C26H30N2O4/c1-19-15-24(32-18-26(30)27(2)23-11-13-31-14-12-23)16-25(29)28(19)17-22-9-7-21(8-10-22)6-5-20-3-4-20/h7-10,15-16,20,23H,3-4,11-14,17-18H2,1-2H3. The Morgan fingerprint density at radius 1 is 1.16 bits per heavy atom. The monoisotopic (exact) mass is 434 g/mol. The number of carbonyl (C=O) groups is 1. The van der Waals surface area contributed by atoms with Crippen molar-refractivity contribution in [3.8, 4) is 17.6 Å². The predicted molar refractivity (Wildman–Crippen MR) is 123 cm³/mol. The van der Waals surface area contributed by atoms with Crippen molar-refractivity contribution < 1.29 is 14.3 Å². The number of amides is 1. The Kier molecular flexibility index (Phi) is 6.96. The first kappa shape index (κ1) is 22.2. The van der Waals surface area contributed by atoms with Crippen LogP contribution >= 0.6 is 0 Å². The molecule has 1 amide bonds. The van der Waals surface area contributed by atoms with Crippen LogP contribution in [-0.2, 0) is 16.1 Å². The SMILES string of the molecule is Cc1cc(OCC(=O)N(C)C2CCOCC2)cc(=O)n1Cc1ccc(C#CC2CC2)cc1. The van der Waals surface area contributed by atoms with Gasteiger partial charge >= 0.3 is 0 Å². The molecule has 0 radical (unpaired) electrons. The van der Waals surface area contributed by atoms with Crippen LogP contribution in [0.1, 0.15) is 42.5 Å². The van der Waals surface area contributed by atoms with Crippen molar-refractivity contribution in [2.24, 2.45) is 5.92 Å². The van der Waals surface area contributed by atoms with E-state index < -0.39 is 0 Å². The molecule has 1 aliphatic heterocycles. The number of aryl methyl sites for hydroxylation is 1. The highest BCUT2D eigenvalue weighted by Gasteiger charge is 2.22. The van der Waals surface area contributed by atoms with Crippen LogP contribution in [0, 0.1) is 24.7 Å². The molecule has 0 spiro atoms. The topological polar surface area (TPSA) is 60.8 Å². The van der Waals surface area contributed by atoms with Crippen molar-refractivity contribution >= 4 is 5.91 Å². The van der Waals surface area contributed by atoms with Crippen LogP contribution in [0.4, 0.5) is 0 Å². The van der Waals surface area contributed by atoms with Gasteiger partial charge in [-0.1, -0.05) is 24.0 Å². The zero-order chi connectivity index (χ0) is 22.5. The molecule has 1 aliphatic carbocycles. The van der Waals surface area contributed by atoms with E-state index >= 15 is 0 Å². The van der Waals surface area contributed by atoms with Gasteiger partial charge in [0.15, 0.2) is 6.61 Å². The summed E-state index contributed by atoms with van der Waals surface area (Å²) < 4.78 is 12.7. The van der Waals surface area contributed by atoms with E-state index in [4.69, 9.17) is 9.47 Å². The number of aromatic nitrogens is 1. The van der Waals surface area contributed by atoms with E-state index in [1.54, 1.807) is 22.6 Å². The summed E-state index contributed by atoms with van der Waals surface area (Å²) in [6.07, 6.45) is 4.11. The summed E-state index contributed by atoms with van der Waals surface area (Å²) in [6.45, 7) is 3.63. The van der Waals surface area contributed by atoms with Gasteiger partial charge in [0, 0.05) is 49.5 Å². The van der Waals surface area contributed by atoms with Crippen molar-refractivity contribution in [3.63, 3.8) is 0 Å². The first-order chi connectivity index (χ1) is 15.5. The minimum absolute atomic E-state index is 0.0832. The third-order valence-corrected chi connectivity index (χ3v) is 6.10. The van der Waals surface area contributed by atoms with Gasteiger partial charge in [0.05, 0.1) is 6.54 Å². The van der Waals surface area contributed by atoms with E-state index in [0.29, 0.717) is 31.4 Å². The van der Waals surface area contributed by atoms with Crippen LogP contribution in [0.25, 0.3) is 0 Å². The Morgan fingerprint density at radius 3 is 2.53 bits per heavy atom. The fourth-order valence-corrected chi connectivity index (χ4v) is 3.80. The summed E-state index contributed by atoms with van der Waals surface area (Å²) in [5.74, 6) is 7.37. The molecule has 2 heterocycles. The smallest absolute Gasteiger partial charge is 0.260 e. The van der Waals surface area contributed by atoms with Crippen molar-refractivity contribution in [3.05, 3.63) is 63.6 Å². The average Bonchev–Trinajstić information content (AvgIpc) is 3.64. The Hall–Kier alpha value is -3.04. The van der Waals surface area contributed by atoms with Gasteiger partial charge in [0.2, 0.25) is 0 Å². The van der Waals surface area contributed by atoms with Gasteiger partial charge < -0.3 is 18.9 Å². The molecule has 1 saturated heterocycles. The molecule has 0 bridgehead atoms. The van der Waals surface area contributed by atoms with Crippen LogP contribution in [0.2, 0.25) is 0 Å². The van der Waals surface area contributed by atoms with Crippen molar-refractivity contribution in [2.75, 3.05) is 26.9 Å². The normalized spacial score (nSPS) is 16.2. The summed E-state index contributed by atoms with van der Waals surface area (Å²) in [5, 5.41) is 0. The zero-order valence-electron chi connectivity index (χ0n) is 18.8. The quantitative estimate of drug-likeness (QED) is 0.656. The first-order valence-electron chi connectivity index (χ1n) is 11.3. The van der Waals surface area contributed by atoms with Crippen LogP contribution in [-0.4, -0.2) is 48.3 Å². The highest BCUT2D eigenvalue weighted by atomic mass is 16.5. The molecule has 0 N–H and O–H groups in total. The summed E-state index contributed by atoms with van der Waals surface area (Å²) in [6, 6.07) is 11.5. The summed E-state index contributed by atoms with van der Waals surface area (Å²) in [5.41, 5.74) is 2.68. The van der Waals surface area contributed by atoms with E-state index in [1.165, 1.54) is 18.9 Å². The van der Waals surface area contributed by atoms with Gasteiger partial charge in [-0.2, -0.15) is 0 Å². The number of nitrogens with zero attached hydrogens (tertiary/aromatic N) is 2. The molecule has 4 rings (SSSR count). The molecule has 2 aliphatic rings. The Bertz CT molecular complexity index is 1070. The molecule has 2 fully saturated rings. The maximum absolute atomic E-state index is 12.7. The Balaban J connectivity index is 1.36. The van der Waals surface area contributed by atoms with Crippen LogP contribution in [0.5, 0.6) is 5.75 Å². The highest BCUT2D eigenvalue weighted by Crippen LogP contribution is 2.27. The summed E-state index contributed by atoms with van der Waals surface area (Å²) in [7, 11) is 1.80. The van der Waals surface area contributed by atoms with Crippen LogP contribution in [0.15, 0.2) is 41.2 Å². The highest BCUT2D eigenvalue weighted by molar-refractivity contribution is 5.77. The lowest BCUT2D eigenvalue weighted by molar-refractivity contribution is -0.135. The molecular formula is C26H30N2O4. The van der Waals surface area contributed by atoms with Crippen LogP contribution < -0.4 is 10.3 Å². The van der Waals surface area contributed by atoms with Crippen molar-refractivity contribution in [1.82, 2.24) is 9.47 Å². The van der Waals surface area contributed by atoms with E-state index in [-0.39, 0.29) is 24.1 Å². The Morgan fingerprint density at radius 2 is 1.88 bits per heavy atom. The molecule has 1 aromatic heterocycles. The zero-order valence-corrected chi connectivity index (χ0v) is 18.8. The van der Waals surface area contributed by atoms with Gasteiger partial charge in [0.25, 0.3) is 11.5 Å². The fourth-order valence-electron chi connectivity index (χ4n) is 3.80. The first-order valence-corrected chi connectivity index (χ1v) is 11.3. The molecule has 168 valence electrons. The maximum atomic E-state index is 12.7. The largest absolute Gasteiger partial charge is 0.484 e. The lowest BCUT2D eigenvalue weighted by Crippen LogP contribution is -2.42. The molecule has 1 saturated carbocycles. The van der Waals surface area contributed by atoms with E-state index in [0.717, 1.165) is 29.7 Å². The number of benzene rings is 1. The molecule has 1 aromatic carbocycles. The molecule has 2 aromatic rings. The lowest BCUT2D eigenvalue weighted by atomic mass is 10.1. The molecule has 6 nitrogen and oxygen atoms in total. The number of likely N-dealkylation sites (N-methyl/N-ethyl adjacent to an activating group) is 1. The minimum atomic E-state index is -0.150. The second kappa shape index (κ2) is 10.1. The van der Waals surface area contributed by atoms with Crippen molar-refractivity contribution in [1.29, 1.82) is 0 Å². The predicted octanol–water partition coefficient (Wildman–Crippen LogP) is 2.98. The average molecular weight is 435 g/mol. The van der Waals surface area contributed by atoms with Crippen LogP contribution in [0.3, 0.4) is 0 Å². The lowest BCUT2D eigenvalue weighted by Gasteiger charge is -2.31. The number of ether oxygens (including phenoxy) is 2. The molecular weight excluding hydrogens is 404 g/mol. The minimum Gasteiger partial charge on any atom is -0.484 e. The van der Waals surface area contributed by atoms with Gasteiger partial charge in [0.1, 0.15) is 5.75 Å². The summed E-state index contributed by atoms with van der Waals surface area (Å²) in [4.78, 5) is 26.9. The van der Waals surface area contributed by atoms with Gasteiger partial charge in [-0.3, -0.25) is 9.59 Å². The number of carbonyl (C=O) groups excluding carboxylic acids is 1. The number of pyridine rings is 1. The second-order valence-electron chi connectivity index (χ2n) is 8.63. The van der Waals surface area contributed by atoms with Gasteiger partial charge in [-0.15, -0.1) is 0 Å². The third kappa shape index (κ3) is 5.80. The summed E-state index contributed by atoms with van der Waals surface area (Å²) >= 11 is 0. The fraction of sp³-hybridized carbons (Fsp3) is 0.462. The van der Waals surface area contributed by atoms with Gasteiger partial charge in [-0.05, 0) is 56.4 Å². The number of hydrogen-bond donors (Lipinski definition) is 0.